The number of ketones is 1. The summed E-state index contributed by atoms with van der Waals surface area (Å²) < 4.78 is 11.0. The third-order valence-corrected chi connectivity index (χ3v) is 6.75. The van der Waals surface area contributed by atoms with E-state index in [1.165, 1.54) is 0 Å². The minimum Gasteiger partial charge on any atom is -0.466 e. The summed E-state index contributed by atoms with van der Waals surface area (Å²) in [6.45, 7) is 13.3. The minimum absolute atomic E-state index is 0.0326. The van der Waals surface area contributed by atoms with Gasteiger partial charge in [-0.1, -0.05) is 36.9 Å². The molecule has 196 valence electrons. The zero-order valence-corrected chi connectivity index (χ0v) is 21.8. The number of esters is 1. The van der Waals surface area contributed by atoms with E-state index in [1.807, 2.05) is 40.1 Å². The number of carbonyl (C=O) groups excluding carboxylic acids is 3. The van der Waals surface area contributed by atoms with Crippen LogP contribution in [-0.2, 0) is 30.5 Å². The molecule has 2 aliphatic heterocycles. The zero-order chi connectivity index (χ0) is 26.1. The summed E-state index contributed by atoms with van der Waals surface area (Å²) in [5, 5.41) is 0. The molecular formula is C28H39N3O5. The van der Waals surface area contributed by atoms with Gasteiger partial charge >= 0.3 is 5.97 Å². The summed E-state index contributed by atoms with van der Waals surface area (Å²) in [6.07, 6.45) is 2.75. The van der Waals surface area contributed by atoms with Crippen LogP contribution in [0.5, 0.6) is 0 Å². The van der Waals surface area contributed by atoms with Crippen molar-refractivity contribution >= 4 is 17.7 Å². The maximum absolute atomic E-state index is 13.0. The topological polar surface area (TPSA) is 79.4 Å². The van der Waals surface area contributed by atoms with E-state index < -0.39 is 6.10 Å². The van der Waals surface area contributed by atoms with Crippen LogP contribution in [0.25, 0.3) is 0 Å². The highest BCUT2D eigenvalue weighted by Crippen LogP contribution is 2.26. The van der Waals surface area contributed by atoms with Crippen LogP contribution in [0, 0.1) is 5.92 Å². The number of nitrogens with zero attached hydrogens (tertiary/aromatic N) is 3. The number of piperidine rings is 1. The Labute approximate surface area is 214 Å². The Hall–Kier alpha value is -3.13. The van der Waals surface area contributed by atoms with Crippen molar-refractivity contribution in [2.24, 2.45) is 5.92 Å². The smallest absolute Gasteiger partial charge is 0.310 e. The van der Waals surface area contributed by atoms with Gasteiger partial charge in [0.05, 0.1) is 24.8 Å². The molecule has 8 nitrogen and oxygen atoms in total. The molecule has 0 aliphatic carbocycles. The number of Topliss-reactive ketones (excluding diaryl/α,β-unsaturated/α-hetero) is 1. The lowest BCUT2D eigenvalue weighted by molar-refractivity contribution is -0.149. The second kappa shape index (κ2) is 13.3. The lowest BCUT2D eigenvalue weighted by Gasteiger charge is -2.40. The van der Waals surface area contributed by atoms with Crippen LogP contribution in [0.1, 0.15) is 39.2 Å². The van der Waals surface area contributed by atoms with Crippen molar-refractivity contribution < 1.29 is 23.9 Å². The highest BCUT2D eigenvalue weighted by Gasteiger charge is 2.32. The van der Waals surface area contributed by atoms with Crippen LogP contribution in [0.2, 0.25) is 0 Å². The van der Waals surface area contributed by atoms with Crippen molar-refractivity contribution in [3.63, 3.8) is 0 Å². The maximum atomic E-state index is 13.0. The summed E-state index contributed by atoms with van der Waals surface area (Å²) >= 11 is 0. The number of hydrogen-bond donors (Lipinski definition) is 0. The first-order valence-electron chi connectivity index (χ1n) is 12.8. The van der Waals surface area contributed by atoms with Crippen molar-refractivity contribution in [1.29, 1.82) is 0 Å². The lowest BCUT2D eigenvalue weighted by atomic mass is 9.96. The molecule has 3 rings (SSSR count). The molecule has 0 spiro atoms. The van der Waals surface area contributed by atoms with E-state index in [-0.39, 0.29) is 23.6 Å². The van der Waals surface area contributed by atoms with Gasteiger partial charge in [0.15, 0.2) is 5.78 Å². The normalized spacial score (nSPS) is 19.9. The maximum Gasteiger partial charge on any atom is 0.310 e. The van der Waals surface area contributed by atoms with Crippen LogP contribution in [-0.4, -0.2) is 84.3 Å². The van der Waals surface area contributed by atoms with Gasteiger partial charge in [-0.3, -0.25) is 14.4 Å². The van der Waals surface area contributed by atoms with E-state index in [0.29, 0.717) is 58.2 Å². The average molecular weight is 498 g/mol. The summed E-state index contributed by atoms with van der Waals surface area (Å²) in [7, 11) is 0. The van der Waals surface area contributed by atoms with Crippen LogP contribution in [0.3, 0.4) is 0 Å². The Bertz CT molecular complexity index is 953. The number of likely N-dealkylation sites (tertiary alicyclic amines) is 1. The lowest BCUT2D eigenvalue weighted by Crippen LogP contribution is -2.51. The number of rotatable bonds is 10. The highest BCUT2D eigenvalue weighted by molar-refractivity contribution is 5.94. The summed E-state index contributed by atoms with van der Waals surface area (Å²) in [4.78, 5) is 44.0. The molecule has 2 heterocycles. The molecule has 0 saturated carbocycles. The number of benzene rings is 1. The predicted octanol–water partition coefficient (Wildman–Crippen LogP) is 3.00. The molecule has 1 aromatic carbocycles. The van der Waals surface area contributed by atoms with Gasteiger partial charge in [-0.2, -0.15) is 0 Å². The first-order valence-corrected chi connectivity index (χ1v) is 12.8. The van der Waals surface area contributed by atoms with Crippen LogP contribution in [0.15, 0.2) is 54.4 Å². The molecule has 1 aromatic rings. The molecule has 36 heavy (non-hydrogen) atoms. The molecule has 2 saturated heterocycles. The molecule has 2 fully saturated rings. The van der Waals surface area contributed by atoms with E-state index >= 15 is 0 Å². The number of carbonyl (C=O) groups is 3. The summed E-state index contributed by atoms with van der Waals surface area (Å²) in [6, 6.07) is 9.80. The summed E-state index contributed by atoms with van der Waals surface area (Å²) in [5.41, 5.74) is 2.37. The fraction of sp³-hybridized carbons (Fsp3) is 0.536. The summed E-state index contributed by atoms with van der Waals surface area (Å²) in [5.74, 6) is -0.544. The Morgan fingerprint density at radius 1 is 1.06 bits per heavy atom. The Balaban J connectivity index is 1.63. The number of ether oxygens (including phenoxy) is 2. The second-order valence-corrected chi connectivity index (χ2v) is 9.28. The van der Waals surface area contributed by atoms with Gasteiger partial charge in [-0.25, -0.2) is 0 Å². The van der Waals surface area contributed by atoms with Gasteiger partial charge < -0.3 is 24.2 Å². The van der Waals surface area contributed by atoms with E-state index in [1.54, 1.807) is 26.8 Å². The highest BCUT2D eigenvalue weighted by atomic mass is 16.5. The second-order valence-electron chi connectivity index (χ2n) is 9.28. The van der Waals surface area contributed by atoms with Gasteiger partial charge in [0.2, 0.25) is 0 Å². The van der Waals surface area contributed by atoms with E-state index in [9.17, 15) is 14.4 Å². The molecule has 2 atom stereocenters. The number of hydrogen-bond acceptors (Lipinski definition) is 7. The first kappa shape index (κ1) is 27.5. The van der Waals surface area contributed by atoms with Gasteiger partial charge in [-0.05, 0) is 38.3 Å². The third kappa shape index (κ3) is 6.97. The molecule has 2 unspecified atom stereocenters. The Morgan fingerprint density at radius 3 is 2.33 bits per heavy atom. The fourth-order valence-electron chi connectivity index (χ4n) is 4.86. The average Bonchev–Trinajstić information content (AvgIpc) is 2.90. The standard InChI is InChI=1S/C28H39N3O5/c1-5-25(26(21(3)32)31-14-10-13-24(19-31)28(34)35-6-2)29-15-17-30(18-16-29)27(33)22(4)36-20-23-11-8-7-9-12-23/h5,7-9,11-12,22,24H,1,6,10,13-20H2,2-4H3/b26-25-. The van der Waals surface area contributed by atoms with E-state index in [2.05, 4.69) is 11.5 Å². The monoisotopic (exact) mass is 497 g/mol. The van der Waals surface area contributed by atoms with Crippen molar-refractivity contribution in [3.8, 4) is 0 Å². The number of allylic oxidation sites excluding steroid dienone is 2. The van der Waals surface area contributed by atoms with Gasteiger partial charge in [0.25, 0.3) is 5.91 Å². The van der Waals surface area contributed by atoms with E-state index in [4.69, 9.17) is 9.47 Å². The molecular weight excluding hydrogens is 458 g/mol. The number of amides is 1. The Morgan fingerprint density at radius 2 is 1.72 bits per heavy atom. The molecule has 0 bridgehead atoms. The molecule has 0 N–H and O–H groups in total. The van der Waals surface area contributed by atoms with E-state index in [0.717, 1.165) is 24.1 Å². The van der Waals surface area contributed by atoms with Gasteiger partial charge in [0.1, 0.15) is 11.8 Å². The van der Waals surface area contributed by atoms with Crippen LogP contribution in [0.4, 0.5) is 0 Å². The minimum atomic E-state index is -0.535. The molecule has 0 radical (unpaired) electrons. The van der Waals surface area contributed by atoms with Gasteiger partial charge in [0, 0.05) is 46.2 Å². The Kier molecular flexibility index (Phi) is 10.1. The number of piperazine rings is 1. The quantitative estimate of drug-likeness (QED) is 0.279. The van der Waals surface area contributed by atoms with Crippen LogP contribution < -0.4 is 0 Å². The fourth-order valence-corrected chi connectivity index (χ4v) is 4.86. The van der Waals surface area contributed by atoms with Crippen molar-refractivity contribution in [2.75, 3.05) is 45.9 Å². The SMILES string of the molecule is C=C/C(=C(\C(C)=O)N1CCCC(C(=O)OCC)C1)N1CCN(C(=O)C(C)OCc2ccccc2)CC1. The first-order chi connectivity index (χ1) is 17.3. The van der Waals surface area contributed by atoms with Gasteiger partial charge in [-0.15, -0.1) is 0 Å². The van der Waals surface area contributed by atoms with Crippen molar-refractivity contribution in [2.45, 2.75) is 46.3 Å². The zero-order valence-electron chi connectivity index (χ0n) is 21.8. The van der Waals surface area contributed by atoms with Crippen molar-refractivity contribution in [1.82, 2.24) is 14.7 Å². The largest absolute Gasteiger partial charge is 0.466 e. The molecule has 1 amide bonds. The molecule has 2 aliphatic rings. The van der Waals surface area contributed by atoms with Crippen molar-refractivity contribution in [3.05, 3.63) is 59.9 Å². The van der Waals surface area contributed by atoms with Crippen LogP contribution >= 0.6 is 0 Å². The predicted molar refractivity (Wildman–Crippen MR) is 138 cm³/mol. The molecule has 8 heteroatoms. The third-order valence-electron chi connectivity index (χ3n) is 6.75. The molecule has 0 aromatic heterocycles.